The van der Waals surface area contributed by atoms with Gasteiger partial charge in [0.15, 0.2) is 5.82 Å². The van der Waals surface area contributed by atoms with E-state index in [1.54, 1.807) is 6.07 Å². The smallest absolute Gasteiger partial charge is 0.323 e. The molecule has 2 aromatic heterocycles. The Morgan fingerprint density at radius 2 is 1.97 bits per heavy atom. The third-order valence-corrected chi connectivity index (χ3v) is 6.26. The number of morpholine rings is 1. The molecule has 2 amide bonds. The topological polar surface area (TPSA) is 110 Å². The van der Waals surface area contributed by atoms with Crippen LogP contribution in [0.15, 0.2) is 54.9 Å². The number of carbonyl (C=O) groups is 1. The summed E-state index contributed by atoms with van der Waals surface area (Å²) in [4.78, 5) is 19.0. The SMILES string of the molecule is Cc1cccc(NC(=O)Nc2ccc(-c3cc(CN4CCOCC4)n4ncnc(N)c34)cc2Cl)c1. The zero-order valence-corrected chi connectivity index (χ0v) is 20.0. The van der Waals surface area contributed by atoms with Crippen LogP contribution >= 0.6 is 11.6 Å². The van der Waals surface area contributed by atoms with Crippen molar-refractivity contribution >= 4 is 40.3 Å². The third kappa shape index (κ3) is 5.07. The molecule has 4 aromatic rings. The fourth-order valence-electron chi connectivity index (χ4n) is 4.25. The average molecular weight is 492 g/mol. The summed E-state index contributed by atoms with van der Waals surface area (Å²) in [7, 11) is 0. The van der Waals surface area contributed by atoms with E-state index >= 15 is 0 Å². The summed E-state index contributed by atoms with van der Waals surface area (Å²) >= 11 is 6.57. The molecule has 1 fully saturated rings. The zero-order valence-electron chi connectivity index (χ0n) is 19.3. The minimum absolute atomic E-state index is 0.370. The van der Waals surface area contributed by atoms with Crippen molar-refractivity contribution < 1.29 is 9.53 Å². The first kappa shape index (κ1) is 23.1. The van der Waals surface area contributed by atoms with E-state index < -0.39 is 0 Å². The van der Waals surface area contributed by atoms with Crippen LogP contribution in [-0.4, -0.2) is 51.8 Å². The lowest BCUT2D eigenvalue weighted by Crippen LogP contribution is -2.36. The van der Waals surface area contributed by atoms with Gasteiger partial charge in [0.05, 0.1) is 29.6 Å². The molecule has 2 aromatic carbocycles. The number of nitrogens with two attached hydrogens (primary N) is 1. The summed E-state index contributed by atoms with van der Waals surface area (Å²) in [5.41, 5.74) is 12.0. The first-order chi connectivity index (χ1) is 17.0. The molecule has 4 N–H and O–H groups in total. The number of rotatable bonds is 5. The van der Waals surface area contributed by atoms with Gasteiger partial charge in [0.1, 0.15) is 11.8 Å². The summed E-state index contributed by atoms with van der Waals surface area (Å²) in [6, 6.07) is 14.8. The van der Waals surface area contributed by atoms with Crippen LogP contribution in [0, 0.1) is 6.92 Å². The Labute approximate surface area is 207 Å². The minimum atomic E-state index is -0.370. The highest BCUT2D eigenvalue weighted by Gasteiger charge is 2.19. The van der Waals surface area contributed by atoms with E-state index in [0.717, 1.165) is 54.2 Å². The number of aromatic nitrogens is 3. The molecule has 1 aliphatic rings. The van der Waals surface area contributed by atoms with Gasteiger partial charge in [-0.15, -0.1) is 0 Å². The molecule has 9 nitrogen and oxygen atoms in total. The molecule has 35 heavy (non-hydrogen) atoms. The predicted octanol–water partition coefficient (Wildman–Crippen LogP) is 4.42. The van der Waals surface area contributed by atoms with Crippen molar-refractivity contribution in [1.29, 1.82) is 0 Å². The molecule has 0 saturated carbocycles. The molecule has 1 saturated heterocycles. The Balaban J connectivity index is 1.41. The van der Waals surface area contributed by atoms with E-state index in [0.29, 0.717) is 28.8 Å². The largest absolute Gasteiger partial charge is 0.382 e. The number of hydrogen-bond acceptors (Lipinski definition) is 6. The Bertz CT molecular complexity index is 1380. The van der Waals surface area contributed by atoms with Gasteiger partial charge < -0.3 is 21.1 Å². The van der Waals surface area contributed by atoms with Crippen molar-refractivity contribution in [2.45, 2.75) is 13.5 Å². The lowest BCUT2D eigenvalue weighted by molar-refractivity contribution is 0.0334. The molecule has 0 aliphatic carbocycles. The number of benzene rings is 2. The Morgan fingerprint density at radius 1 is 1.14 bits per heavy atom. The maximum atomic E-state index is 12.5. The molecule has 0 unspecified atom stereocenters. The van der Waals surface area contributed by atoms with Gasteiger partial charge in [-0.25, -0.2) is 14.3 Å². The average Bonchev–Trinajstić information content (AvgIpc) is 3.20. The number of anilines is 3. The second-order valence-electron chi connectivity index (χ2n) is 8.49. The van der Waals surface area contributed by atoms with E-state index in [-0.39, 0.29) is 6.03 Å². The van der Waals surface area contributed by atoms with E-state index in [4.69, 9.17) is 22.1 Å². The van der Waals surface area contributed by atoms with Gasteiger partial charge in [-0.3, -0.25) is 4.90 Å². The number of fused-ring (bicyclic) bond motifs is 1. The summed E-state index contributed by atoms with van der Waals surface area (Å²) < 4.78 is 7.30. The van der Waals surface area contributed by atoms with Crippen molar-refractivity contribution in [1.82, 2.24) is 19.5 Å². The second-order valence-corrected chi connectivity index (χ2v) is 8.89. The van der Waals surface area contributed by atoms with Gasteiger partial charge in [-0.1, -0.05) is 29.8 Å². The van der Waals surface area contributed by atoms with E-state index in [1.165, 1.54) is 6.33 Å². The molecule has 3 heterocycles. The third-order valence-electron chi connectivity index (χ3n) is 5.95. The van der Waals surface area contributed by atoms with Crippen LogP contribution in [0.5, 0.6) is 0 Å². The van der Waals surface area contributed by atoms with E-state index in [2.05, 4.69) is 31.7 Å². The predicted molar refractivity (Wildman–Crippen MR) is 138 cm³/mol. The van der Waals surface area contributed by atoms with Crippen molar-refractivity contribution in [2.24, 2.45) is 0 Å². The minimum Gasteiger partial charge on any atom is -0.382 e. The number of hydrogen-bond donors (Lipinski definition) is 3. The van der Waals surface area contributed by atoms with Crippen LogP contribution in [0.1, 0.15) is 11.3 Å². The lowest BCUT2D eigenvalue weighted by Gasteiger charge is -2.26. The number of carbonyl (C=O) groups excluding carboxylic acids is 1. The molecule has 10 heteroatoms. The molecule has 0 radical (unpaired) electrons. The van der Waals surface area contributed by atoms with Gasteiger partial charge in [0.2, 0.25) is 0 Å². The number of nitrogens with one attached hydrogen (secondary N) is 2. The van der Waals surface area contributed by atoms with Gasteiger partial charge in [0, 0.05) is 30.9 Å². The van der Waals surface area contributed by atoms with E-state index in [9.17, 15) is 4.79 Å². The van der Waals surface area contributed by atoms with Crippen molar-refractivity contribution in [3.05, 3.63) is 71.1 Å². The van der Waals surface area contributed by atoms with Crippen LogP contribution in [0.2, 0.25) is 5.02 Å². The quantitative estimate of drug-likeness (QED) is 0.381. The second kappa shape index (κ2) is 9.91. The van der Waals surface area contributed by atoms with Crippen LogP contribution in [0.3, 0.4) is 0 Å². The molecule has 180 valence electrons. The molecule has 5 rings (SSSR count). The number of nitrogens with zero attached hydrogens (tertiary/aromatic N) is 4. The molecular formula is C25H26ClN7O2. The van der Waals surface area contributed by atoms with Gasteiger partial charge in [-0.2, -0.15) is 5.10 Å². The van der Waals surface area contributed by atoms with Gasteiger partial charge in [0.25, 0.3) is 0 Å². The number of urea groups is 1. The fourth-order valence-corrected chi connectivity index (χ4v) is 4.47. The first-order valence-corrected chi connectivity index (χ1v) is 11.7. The molecule has 0 atom stereocenters. The summed E-state index contributed by atoms with van der Waals surface area (Å²) in [6.45, 7) is 5.84. The number of halogens is 1. The van der Waals surface area contributed by atoms with Crippen molar-refractivity contribution in [3.63, 3.8) is 0 Å². The van der Waals surface area contributed by atoms with Gasteiger partial charge in [-0.05, 0) is 48.4 Å². The maximum Gasteiger partial charge on any atom is 0.323 e. The lowest BCUT2D eigenvalue weighted by atomic mass is 10.1. The van der Waals surface area contributed by atoms with Crippen molar-refractivity contribution in [2.75, 3.05) is 42.7 Å². The Kier molecular flexibility index (Phi) is 6.54. The summed E-state index contributed by atoms with van der Waals surface area (Å²) in [5, 5.41) is 10.5. The highest BCUT2D eigenvalue weighted by molar-refractivity contribution is 6.34. The molecule has 0 bridgehead atoms. The van der Waals surface area contributed by atoms with Crippen molar-refractivity contribution in [3.8, 4) is 11.1 Å². The first-order valence-electron chi connectivity index (χ1n) is 11.3. The number of amides is 2. The monoisotopic (exact) mass is 491 g/mol. The fraction of sp³-hybridized carbons (Fsp3) is 0.240. The number of nitrogen functional groups attached to an aromatic ring is 1. The van der Waals surface area contributed by atoms with Gasteiger partial charge >= 0.3 is 6.03 Å². The highest BCUT2D eigenvalue weighted by atomic mass is 35.5. The standard InChI is InChI=1S/C25H26ClN7O2/c1-16-3-2-4-18(11-16)30-25(34)31-22-6-5-17(12-21(22)26)20-13-19(14-32-7-9-35-10-8-32)33-23(20)24(27)28-15-29-33/h2-6,11-13,15H,7-10,14H2,1H3,(H2,27,28,29)(H2,30,31,34). The number of aryl methyl sites for hydroxylation is 1. The van der Waals surface area contributed by atoms with Crippen LogP contribution in [-0.2, 0) is 11.3 Å². The van der Waals surface area contributed by atoms with E-state index in [1.807, 2.05) is 47.8 Å². The Hall–Kier alpha value is -3.66. The summed E-state index contributed by atoms with van der Waals surface area (Å²) in [6.07, 6.45) is 1.46. The maximum absolute atomic E-state index is 12.5. The van der Waals surface area contributed by atoms with Crippen LogP contribution in [0.4, 0.5) is 22.0 Å². The number of ether oxygens (including phenoxy) is 1. The normalized spacial score (nSPS) is 14.2. The highest BCUT2D eigenvalue weighted by Crippen LogP contribution is 2.34. The van der Waals surface area contributed by atoms with Crippen LogP contribution < -0.4 is 16.4 Å². The zero-order chi connectivity index (χ0) is 24.4. The summed E-state index contributed by atoms with van der Waals surface area (Å²) in [5.74, 6) is 0.388. The molecular weight excluding hydrogens is 466 g/mol. The van der Waals surface area contributed by atoms with Crippen LogP contribution in [0.25, 0.3) is 16.6 Å². The Morgan fingerprint density at radius 3 is 2.74 bits per heavy atom. The molecule has 0 spiro atoms. The molecule has 1 aliphatic heterocycles.